The number of carbonyl (C=O) groups is 1. The maximum absolute atomic E-state index is 12.8. The van der Waals surface area contributed by atoms with E-state index >= 15 is 0 Å². The van der Waals surface area contributed by atoms with Gasteiger partial charge in [0.15, 0.2) is 0 Å². The molecular formula is C16H23BrN2O3S2. The van der Waals surface area contributed by atoms with Crippen molar-refractivity contribution in [3.8, 4) is 0 Å². The molecule has 134 valence electrons. The average Bonchev–Trinajstić information content (AvgIpc) is 3.33. The van der Waals surface area contributed by atoms with Crippen LogP contribution in [0, 0.1) is 11.8 Å². The first-order valence-corrected chi connectivity index (χ1v) is 11.4. The molecule has 5 nitrogen and oxygen atoms in total. The first-order valence-electron chi connectivity index (χ1n) is 8.33. The van der Waals surface area contributed by atoms with Crippen molar-refractivity contribution < 1.29 is 13.2 Å². The van der Waals surface area contributed by atoms with E-state index in [0.29, 0.717) is 23.2 Å². The van der Waals surface area contributed by atoms with Gasteiger partial charge in [0.1, 0.15) is 4.21 Å². The van der Waals surface area contributed by atoms with Crippen LogP contribution in [-0.2, 0) is 14.8 Å². The Balaban J connectivity index is 1.70. The van der Waals surface area contributed by atoms with Gasteiger partial charge in [-0.1, -0.05) is 0 Å². The fourth-order valence-corrected chi connectivity index (χ4v) is 7.00. The number of halogens is 1. The molecule has 1 aliphatic heterocycles. The predicted octanol–water partition coefficient (Wildman–Crippen LogP) is 3.17. The van der Waals surface area contributed by atoms with E-state index < -0.39 is 10.0 Å². The number of rotatable bonds is 5. The van der Waals surface area contributed by atoms with Crippen molar-refractivity contribution in [3.05, 3.63) is 15.9 Å². The van der Waals surface area contributed by atoms with E-state index in [4.69, 9.17) is 0 Å². The molecule has 2 aliphatic rings. The van der Waals surface area contributed by atoms with E-state index in [1.54, 1.807) is 12.1 Å². The number of thiophene rings is 1. The van der Waals surface area contributed by atoms with Gasteiger partial charge in [-0.3, -0.25) is 4.79 Å². The van der Waals surface area contributed by atoms with Crippen LogP contribution in [0.25, 0.3) is 0 Å². The molecule has 0 N–H and O–H groups in total. The minimum absolute atomic E-state index is 0.0849. The lowest BCUT2D eigenvalue weighted by Crippen LogP contribution is -2.48. The average molecular weight is 435 g/mol. The molecule has 1 aliphatic carbocycles. The Morgan fingerprint density at radius 3 is 2.67 bits per heavy atom. The van der Waals surface area contributed by atoms with Crippen LogP contribution in [0.1, 0.15) is 32.6 Å². The van der Waals surface area contributed by atoms with Crippen molar-refractivity contribution >= 4 is 43.2 Å². The van der Waals surface area contributed by atoms with E-state index in [0.717, 1.165) is 16.6 Å². The fraction of sp³-hybridized carbons (Fsp3) is 0.688. The van der Waals surface area contributed by atoms with Crippen LogP contribution in [0.3, 0.4) is 0 Å². The van der Waals surface area contributed by atoms with Crippen molar-refractivity contribution in [1.82, 2.24) is 9.21 Å². The standard InChI is InChI=1S/C16H23BrN2O3S2/c1-11(12-5-6-12)18(2)16(20)13-4-3-9-19(10-13)24(21,22)15-8-7-14(17)23-15/h7-8,11-13H,3-6,9-10H2,1-2H3/t11-,13+/m0/s1. The van der Waals surface area contributed by atoms with Gasteiger partial charge in [0.05, 0.1) is 9.70 Å². The number of hydrogen-bond acceptors (Lipinski definition) is 4. The van der Waals surface area contributed by atoms with Gasteiger partial charge in [-0.25, -0.2) is 8.42 Å². The number of sulfonamides is 1. The van der Waals surface area contributed by atoms with Gasteiger partial charge < -0.3 is 4.90 Å². The quantitative estimate of drug-likeness (QED) is 0.714. The summed E-state index contributed by atoms with van der Waals surface area (Å²) in [6.45, 7) is 2.87. The summed E-state index contributed by atoms with van der Waals surface area (Å²) in [7, 11) is -1.65. The van der Waals surface area contributed by atoms with Crippen LogP contribution >= 0.6 is 27.3 Å². The van der Waals surface area contributed by atoms with Crippen LogP contribution < -0.4 is 0 Å². The normalized spacial score (nSPS) is 23.9. The summed E-state index contributed by atoms with van der Waals surface area (Å²) >= 11 is 4.53. The lowest BCUT2D eigenvalue weighted by molar-refractivity contribution is -0.137. The third kappa shape index (κ3) is 3.71. The van der Waals surface area contributed by atoms with Gasteiger partial charge in [0.25, 0.3) is 10.0 Å². The molecule has 0 bridgehead atoms. The molecule has 2 heterocycles. The molecule has 1 amide bonds. The van der Waals surface area contributed by atoms with Crippen molar-refractivity contribution in [2.75, 3.05) is 20.1 Å². The fourth-order valence-electron chi connectivity index (χ4n) is 3.31. The van der Waals surface area contributed by atoms with E-state index in [-0.39, 0.29) is 17.9 Å². The number of hydrogen-bond donors (Lipinski definition) is 0. The Morgan fingerprint density at radius 1 is 1.38 bits per heavy atom. The van der Waals surface area contributed by atoms with Crippen molar-refractivity contribution in [3.63, 3.8) is 0 Å². The summed E-state index contributed by atoms with van der Waals surface area (Å²) in [5.74, 6) is 0.468. The zero-order chi connectivity index (χ0) is 17.5. The summed E-state index contributed by atoms with van der Waals surface area (Å²) in [5, 5.41) is 0. The van der Waals surface area contributed by atoms with Gasteiger partial charge in [0.2, 0.25) is 5.91 Å². The van der Waals surface area contributed by atoms with Crippen molar-refractivity contribution in [2.45, 2.75) is 42.9 Å². The molecular weight excluding hydrogens is 412 g/mol. The Kier molecular flexibility index (Phi) is 5.39. The van der Waals surface area contributed by atoms with E-state index in [2.05, 4.69) is 22.9 Å². The van der Waals surface area contributed by atoms with Crippen LogP contribution in [0.5, 0.6) is 0 Å². The lowest BCUT2D eigenvalue weighted by Gasteiger charge is -2.35. The summed E-state index contributed by atoms with van der Waals surface area (Å²) in [6, 6.07) is 3.62. The Morgan fingerprint density at radius 2 is 2.08 bits per heavy atom. The van der Waals surface area contributed by atoms with E-state index in [1.807, 2.05) is 11.9 Å². The first-order chi connectivity index (χ1) is 11.3. The molecule has 3 rings (SSSR count). The third-order valence-electron chi connectivity index (χ3n) is 5.14. The molecule has 1 saturated heterocycles. The maximum atomic E-state index is 12.8. The molecule has 2 atom stereocenters. The van der Waals surface area contributed by atoms with Crippen LogP contribution in [0.2, 0.25) is 0 Å². The summed E-state index contributed by atoms with van der Waals surface area (Å²) < 4.78 is 28.2. The molecule has 24 heavy (non-hydrogen) atoms. The molecule has 8 heteroatoms. The molecule has 2 fully saturated rings. The second-order valence-electron chi connectivity index (χ2n) is 6.79. The topological polar surface area (TPSA) is 57.7 Å². The lowest BCUT2D eigenvalue weighted by atomic mass is 9.97. The molecule has 1 aromatic heterocycles. The number of nitrogens with zero attached hydrogens (tertiary/aromatic N) is 2. The van der Waals surface area contributed by atoms with Crippen LogP contribution in [0.15, 0.2) is 20.1 Å². The Hall–Kier alpha value is -0.440. The van der Waals surface area contributed by atoms with Gasteiger partial charge in [-0.05, 0) is 66.6 Å². The highest BCUT2D eigenvalue weighted by Gasteiger charge is 2.38. The highest BCUT2D eigenvalue weighted by Crippen LogP contribution is 2.36. The summed E-state index contributed by atoms with van der Waals surface area (Å²) in [6.07, 6.45) is 3.88. The molecule has 1 aromatic rings. The third-order valence-corrected chi connectivity index (χ3v) is 9.10. The summed E-state index contributed by atoms with van der Waals surface area (Å²) in [5.41, 5.74) is 0. The van der Waals surface area contributed by atoms with Crippen LogP contribution in [-0.4, -0.2) is 49.7 Å². The molecule has 1 saturated carbocycles. The van der Waals surface area contributed by atoms with Gasteiger partial charge in [0, 0.05) is 26.2 Å². The number of piperidine rings is 1. The zero-order valence-corrected chi connectivity index (χ0v) is 17.2. The second kappa shape index (κ2) is 7.05. The highest BCUT2D eigenvalue weighted by molar-refractivity contribution is 9.11. The minimum atomic E-state index is -3.51. The van der Waals surface area contributed by atoms with Gasteiger partial charge in [-0.2, -0.15) is 4.31 Å². The summed E-state index contributed by atoms with van der Waals surface area (Å²) in [4.78, 5) is 14.6. The highest BCUT2D eigenvalue weighted by atomic mass is 79.9. The van der Waals surface area contributed by atoms with Crippen molar-refractivity contribution in [2.24, 2.45) is 11.8 Å². The Bertz CT molecular complexity index is 715. The first kappa shape index (κ1) is 18.4. The largest absolute Gasteiger partial charge is 0.342 e. The predicted molar refractivity (Wildman–Crippen MR) is 98.5 cm³/mol. The Labute approximate surface area is 156 Å². The SMILES string of the molecule is C[C@@H](C1CC1)N(C)C(=O)[C@@H]1CCCN(S(=O)(=O)c2ccc(Br)s2)C1. The van der Waals surface area contributed by atoms with Crippen LogP contribution in [0.4, 0.5) is 0 Å². The van der Waals surface area contributed by atoms with Crippen molar-refractivity contribution in [1.29, 1.82) is 0 Å². The maximum Gasteiger partial charge on any atom is 0.252 e. The van der Waals surface area contributed by atoms with Gasteiger partial charge in [-0.15, -0.1) is 11.3 Å². The molecule has 0 radical (unpaired) electrons. The number of amides is 1. The number of carbonyl (C=O) groups excluding carboxylic acids is 1. The monoisotopic (exact) mass is 434 g/mol. The molecule has 0 aromatic carbocycles. The van der Waals surface area contributed by atoms with Gasteiger partial charge >= 0.3 is 0 Å². The molecule has 0 spiro atoms. The minimum Gasteiger partial charge on any atom is -0.342 e. The second-order valence-corrected chi connectivity index (χ2v) is 11.4. The van der Waals surface area contributed by atoms with E-state index in [1.165, 1.54) is 28.5 Å². The molecule has 0 unspecified atom stereocenters. The van der Waals surface area contributed by atoms with E-state index in [9.17, 15) is 13.2 Å². The zero-order valence-electron chi connectivity index (χ0n) is 13.9. The smallest absolute Gasteiger partial charge is 0.252 e.